The van der Waals surface area contributed by atoms with Gasteiger partial charge in [-0.15, -0.1) is 0 Å². The van der Waals surface area contributed by atoms with Crippen LogP contribution < -0.4 is 11.1 Å². The van der Waals surface area contributed by atoms with Gasteiger partial charge in [0.25, 0.3) is 0 Å². The van der Waals surface area contributed by atoms with Gasteiger partial charge in [0.15, 0.2) is 0 Å². The lowest BCUT2D eigenvalue weighted by Crippen LogP contribution is -2.36. The molecule has 0 spiro atoms. The zero-order valence-electron chi connectivity index (χ0n) is 16.9. The molecule has 0 aliphatic carbocycles. The summed E-state index contributed by atoms with van der Waals surface area (Å²) in [5, 5.41) is 2.84. The Morgan fingerprint density at radius 1 is 1.15 bits per heavy atom. The van der Waals surface area contributed by atoms with Crippen LogP contribution in [0.3, 0.4) is 0 Å². The highest BCUT2D eigenvalue weighted by Crippen LogP contribution is 2.46. The first-order chi connectivity index (χ1) is 12.9. The average molecular weight is 398 g/mol. The Morgan fingerprint density at radius 2 is 1.81 bits per heavy atom. The fourth-order valence-electron chi connectivity index (χ4n) is 2.83. The highest BCUT2D eigenvalue weighted by atomic mass is 31.2. The molecular weight excluding hydrogens is 363 g/mol. The van der Waals surface area contributed by atoms with Crippen LogP contribution in [-0.2, 0) is 24.8 Å². The Kier molecular flexibility index (Phi) is 11.5. The summed E-state index contributed by atoms with van der Waals surface area (Å²) in [5.41, 5.74) is 7.86. The van der Waals surface area contributed by atoms with Crippen LogP contribution in [0.1, 0.15) is 57.4 Å². The second kappa shape index (κ2) is 13.1. The number of amides is 1. The Morgan fingerprint density at radius 3 is 2.48 bits per heavy atom. The number of rotatable bonds is 14. The molecule has 1 amide bonds. The number of nitrogens with one attached hydrogen (secondary N) is 1. The average Bonchev–Trinajstić information content (AvgIpc) is 2.68. The number of nitrogens with two attached hydrogens (primary N) is 1. The molecule has 0 aromatic heterocycles. The zero-order chi connectivity index (χ0) is 20.1. The molecule has 0 saturated carbocycles. The minimum atomic E-state index is -3.15. The van der Waals surface area contributed by atoms with Crippen molar-refractivity contribution in [2.75, 3.05) is 25.7 Å². The molecule has 6 nitrogen and oxygen atoms in total. The summed E-state index contributed by atoms with van der Waals surface area (Å²) in [6.07, 6.45) is 8.89. The maximum absolute atomic E-state index is 12.3. The van der Waals surface area contributed by atoms with Crippen molar-refractivity contribution in [3.8, 4) is 0 Å². The van der Waals surface area contributed by atoms with Crippen LogP contribution in [-0.4, -0.2) is 32.3 Å². The van der Waals surface area contributed by atoms with Crippen molar-refractivity contribution in [2.24, 2.45) is 5.73 Å². The zero-order valence-corrected chi connectivity index (χ0v) is 17.8. The fourth-order valence-corrected chi connectivity index (χ4v) is 3.94. The standard InChI is InChI=1S/C20H35N2O4P/c1-4-5-6-7-8-9-11-17-12-10-13-18(16-17)22-20(23)19(21)14-15-27(24,25-2)26-3/h10,12-13,16,19H,4-9,11,14-15,21H2,1-3H3,(H,22,23)/t19-/m1/s1. The van der Waals surface area contributed by atoms with Gasteiger partial charge in [0.2, 0.25) is 5.91 Å². The van der Waals surface area contributed by atoms with Crippen molar-refractivity contribution in [1.82, 2.24) is 0 Å². The summed E-state index contributed by atoms with van der Waals surface area (Å²) in [6, 6.07) is 7.09. The SMILES string of the molecule is CCCCCCCCc1cccc(NC(=O)[C@H](N)CCP(=O)(OC)OC)c1. The van der Waals surface area contributed by atoms with Crippen molar-refractivity contribution in [1.29, 1.82) is 0 Å². The molecule has 1 aromatic carbocycles. The third-order valence-corrected chi connectivity index (χ3v) is 6.54. The van der Waals surface area contributed by atoms with E-state index >= 15 is 0 Å². The van der Waals surface area contributed by atoms with Gasteiger partial charge in [0, 0.05) is 19.9 Å². The monoisotopic (exact) mass is 398 g/mol. The maximum atomic E-state index is 12.3. The minimum Gasteiger partial charge on any atom is -0.325 e. The Balaban J connectivity index is 2.44. The lowest BCUT2D eigenvalue weighted by molar-refractivity contribution is -0.117. The highest BCUT2D eigenvalue weighted by Gasteiger charge is 2.24. The molecular formula is C20H35N2O4P. The van der Waals surface area contributed by atoms with Crippen molar-refractivity contribution in [2.45, 2.75) is 64.3 Å². The van der Waals surface area contributed by atoms with Gasteiger partial charge in [0.1, 0.15) is 0 Å². The number of anilines is 1. The summed E-state index contributed by atoms with van der Waals surface area (Å²) < 4.78 is 21.8. The van der Waals surface area contributed by atoms with E-state index in [2.05, 4.69) is 18.3 Å². The Hall–Kier alpha value is -1.20. The van der Waals surface area contributed by atoms with Gasteiger partial charge in [-0.3, -0.25) is 9.36 Å². The maximum Gasteiger partial charge on any atom is 0.330 e. The van der Waals surface area contributed by atoms with Gasteiger partial charge in [-0.2, -0.15) is 0 Å². The third kappa shape index (κ3) is 9.52. The quantitative estimate of drug-likeness (QED) is 0.349. The van der Waals surface area contributed by atoms with Crippen molar-refractivity contribution >= 4 is 19.2 Å². The molecule has 1 rings (SSSR count). The predicted octanol–water partition coefficient (Wildman–Crippen LogP) is 4.73. The molecule has 3 N–H and O–H groups in total. The smallest absolute Gasteiger partial charge is 0.325 e. The summed E-state index contributed by atoms with van der Waals surface area (Å²) in [5.74, 6) is -0.300. The molecule has 0 radical (unpaired) electrons. The van der Waals surface area contributed by atoms with Crippen molar-refractivity contribution < 1.29 is 18.4 Å². The third-order valence-electron chi connectivity index (χ3n) is 4.62. The molecule has 0 heterocycles. The van der Waals surface area contributed by atoms with E-state index in [1.54, 1.807) is 0 Å². The van der Waals surface area contributed by atoms with Crippen molar-refractivity contribution in [3.05, 3.63) is 29.8 Å². The largest absolute Gasteiger partial charge is 0.330 e. The molecule has 0 aliphatic rings. The molecule has 7 heteroatoms. The molecule has 1 atom stereocenters. The normalized spacial score (nSPS) is 12.7. The molecule has 0 fully saturated rings. The van der Waals surface area contributed by atoms with E-state index in [1.807, 2.05) is 18.2 Å². The molecule has 154 valence electrons. The molecule has 0 aliphatic heterocycles. The van der Waals surface area contributed by atoms with Crippen LogP contribution in [0.2, 0.25) is 0 Å². The number of unbranched alkanes of at least 4 members (excludes halogenated alkanes) is 5. The lowest BCUT2D eigenvalue weighted by Gasteiger charge is -2.16. The fraction of sp³-hybridized carbons (Fsp3) is 0.650. The first-order valence-electron chi connectivity index (χ1n) is 9.80. The first-order valence-corrected chi connectivity index (χ1v) is 11.5. The van der Waals surface area contributed by atoms with Gasteiger partial charge >= 0.3 is 7.60 Å². The van der Waals surface area contributed by atoms with E-state index in [9.17, 15) is 9.36 Å². The Labute approximate surface area is 163 Å². The second-order valence-electron chi connectivity index (χ2n) is 6.80. The van der Waals surface area contributed by atoms with Crippen LogP contribution in [0, 0.1) is 0 Å². The molecule has 1 aromatic rings. The van der Waals surface area contributed by atoms with Gasteiger partial charge < -0.3 is 20.1 Å². The molecule has 0 saturated heterocycles. The Bertz CT molecular complexity index is 601. The van der Waals surface area contributed by atoms with E-state index in [0.717, 1.165) is 18.5 Å². The summed E-state index contributed by atoms with van der Waals surface area (Å²) in [6.45, 7) is 2.22. The number of benzene rings is 1. The molecule has 0 bridgehead atoms. The number of hydrogen-bond donors (Lipinski definition) is 2. The van der Waals surface area contributed by atoms with E-state index in [1.165, 1.54) is 51.9 Å². The minimum absolute atomic E-state index is 0.104. The van der Waals surface area contributed by atoms with E-state index in [-0.39, 0.29) is 18.5 Å². The molecule has 0 unspecified atom stereocenters. The van der Waals surface area contributed by atoms with Crippen LogP contribution >= 0.6 is 7.60 Å². The van der Waals surface area contributed by atoms with Crippen molar-refractivity contribution in [3.63, 3.8) is 0 Å². The van der Waals surface area contributed by atoms with Gasteiger partial charge in [0.05, 0.1) is 12.2 Å². The molecule has 27 heavy (non-hydrogen) atoms. The predicted molar refractivity (Wildman–Crippen MR) is 111 cm³/mol. The number of hydrogen-bond acceptors (Lipinski definition) is 5. The summed E-state index contributed by atoms with van der Waals surface area (Å²) in [4.78, 5) is 12.3. The van der Waals surface area contributed by atoms with Crippen LogP contribution in [0.4, 0.5) is 5.69 Å². The first kappa shape index (κ1) is 23.8. The van der Waals surface area contributed by atoms with Gasteiger partial charge in [-0.1, -0.05) is 51.2 Å². The van der Waals surface area contributed by atoms with E-state index in [0.29, 0.717) is 0 Å². The van der Waals surface area contributed by atoms with Crippen LogP contribution in [0.15, 0.2) is 24.3 Å². The van der Waals surface area contributed by atoms with Gasteiger partial charge in [-0.25, -0.2) is 0 Å². The second-order valence-corrected chi connectivity index (χ2v) is 9.20. The number of aryl methyl sites for hydroxylation is 1. The van der Waals surface area contributed by atoms with Crippen LogP contribution in [0.25, 0.3) is 0 Å². The van der Waals surface area contributed by atoms with E-state index in [4.69, 9.17) is 14.8 Å². The summed E-state index contributed by atoms with van der Waals surface area (Å²) in [7, 11) is -0.499. The van der Waals surface area contributed by atoms with Crippen LogP contribution in [0.5, 0.6) is 0 Å². The van der Waals surface area contributed by atoms with E-state index < -0.39 is 13.6 Å². The highest BCUT2D eigenvalue weighted by molar-refractivity contribution is 7.53. The number of carbonyl (C=O) groups excluding carboxylic acids is 1. The lowest BCUT2D eigenvalue weighted by atomic mass is 10.0. The summed E-state index contributed by atoms with van der Waals surface area (Å²) >= 11 is 0. The topological polar surface area (TPSA) is 90.7 Å². The number of carbonyl (C=O) groups is 1. The van der Waals surface area contributed by atoms with Gasteiger partial charge in [-0.05, 0) is 37.0 Å².